The molecule has 2 N–H and O–H groups in total. The topological polar surface area (TPSA) is 104 Å². The molecule has 0 bridgehead atoms. The van der Waals surface area contributed by atoms with Crippen molar-refractivity contribution in [2.24, 2.45) is 17.8 Å². The minimum Gasteiger partial charge on any atom is -0.505 e. The van der Waals surface area contributed by atoms with Crippen molar-refractivity contribution in [2.45, 2.75) is 25.7 Å². The van der Waals surface area contributed by atoms with E-state index < -0.39 is 35.2 Å². The second-order valence-corrected chi connectivity index (χ2v) is 11.5. The van der Waals surface area contributed by atoms with Crippen LogP contribution in [0.2, 0.25) is 0 Å². The van der Waals surface area contributed by atoms with Crippen LogP contribution in [-0.4, -0.2) is 28.5 Å². The van der Waals surface area contributed by atoms with E-state index in [0.717, 1.165) is 17.4 Å². The van der Waals surface area contributed by atoms with Crippen molar-refractivity contribution in [3.05, 3.63) is 119 Å². The number of amides is 2. The van der Waals surface area contributed by atoms with Crippen LogP contribution >= 0.6 is 0 Å². The normalized spacial score (nSPS) is 24.7. The Morgan fingerprint density at radius 1 is 0.860 bits per heavy atom. The minimum absolute atomic E-state index is 0.109. The monoisotopic (exact) mass is 574 g/mol. The molecule has 0 spiro atoms. The first kappa shape index (κ1) is 26.8. The third-order valence-electron chi connectivity index (χ3n) is 9.08. The van der Waals surface area contributed by atoms with Crippen LogP contribution in [0, 0.1) is 23.6 Å². The van der Waals surface area contributed by atoms with Gasteiger partial charge in [-0.1, -0.05) is 42.0 Å². The van der Waals surface area contributed by atoms with Gasteiger partial charge in [-0.15, -0.1) is 0 Å². The number of nitrogens with zero attached hydrogens (tertiary/aromatic N) is 1. The van der Waals surface area contributed by atoms with Gasteiger partial charge in [0.15, 0.2) is 23.1 Å². The molecule has 0 radical (unpaired) electrons. The van der Waals surface area contributed by atoms with Gasteiger partial charge in [0.05, 0.1) is 17.5 Å². The van der Waals surface area contributed by atoms with Gasteiger partial charge in [0.25, 0.3) is 0 Å². The fraction of sp³-hybridized carbons (Fsp3) is 0.200. The smallest absolute Gasteiger partial charge is 0.238 e. The van der Waals surface area contributed by atoms with E-state index in [4.69, 9.17) is 0 Å². The molecule has 8 heteroatoms. The van der Waals surface area contributed by atoms with Crippen molar-refractivity contribution in [1.29, 1.82) is 0 Å². The van der Waals surface area contributed by atoms with Gasteiger partial charge in [-0.05, 0) is 74.2 Å². The zero-order chi connectivity index (χ0) is 30.0. The Labute approximate surface area is 247 Å². The Kier molecular flexibility index (Phi) is 6.23. The highest BCUT2D eigenvalue weighted by atomic mass is 19.1. The van der Waals surface area contributed by atoms with E-state index in [9.17, 15) is 28.7 Å². The average Bonchev–Trinajstić information content (AvgIpc) is 3.27. The SMILES string of the molecule is CC1=CC(=O)C2=C(C[C@@H]3C(=CC[C@@H]4C(=O)N(c5ccc(Nc6ccccc6)cc5)C(=O)[C@@H]43)[C@@H]2c2cccc(F)c2O)C1=O. The second kappa shape index (κ2) is 10.0. The average molecular weight is 575 g/mol. The van der Waals surface area contributed by atoms with Crippen LogP contribution in [0.5, 0.6) is 5.75 Å². The van der Waals surface area contributed by atoms with E-state index in [-0.39, 0.29) is 58.5 Å². The number of halogens is 1. The van der Waals surface area contributed by atoms with Crippen molar-refractivity contribution in [3.63, 3.8) is 0 Å². The molecule has 7 nitrogen and oxygen atoms in total. The van der Waals surface area contributed by atoms with Crippen molar-refractivity contribution in [1.82, 2.24) is 0 Å². The molecule has 0 saturated carbocycles. The Bertz CT molecular complexity index is 1820. The van der Waals surface area contributed by atoms with Gasteiger partial charge in [-0.3, -0.25) is 24.1 Å². The number of phenolic OH excluding ortho intramolecular Hbond substituents is 1. The molecule has 0 unspecified atom stereocenters. The zero-order valence-electron chi connectivity index (χ0n) is 23.2. The number of hydrogen-bond acceptors (Lipinski definition) is 6. The number of Topliss-reactive ketones (excluding diaryl/α,β-unsaturated/α-hetero) is 1. The number of fused-ring (bicyclic) bond motifs is 3. The number of allylic oxidation sites excluding steroid dienone is 6. The van der Waals surface area contributed by atoms with Gasteiger partial charge in [0.2, 0.25) is 11.8 Å². The number of ketones is 2. The number of phenols is 1. The molecule has 214 valence electrons. The summed E-state index contributed by atoms with van der Waals surface area (Å²) in [5.74, 6) is -5.72. The highest BCUT2D eigenvalue weighted by Crippen LogP contribution is 2.56. The number of nitrogens with one attached hydrogen (secondary N) is 1. The van der Waals surface area contributed by atoms with Crippen LogP contribution < -0.4 is 10.2 Å². The van der Waals surface area contributed by atoms with E-state index in [2.05, 4.69) is 5.32 Å². The third-order valence-corrected chi connectivity index (χ3v) is 9.08. The summed E-state index contributed by atoms with van der Waals surface area (Å²) in [4.78, 5) is 55.8. The van der Waals surface area contributed by atoms with Gasteiger partial charge >= 0.3 is 0 Å². The summed E-state index contributed by atoms with van der Waals surface area (Å²) >= 11 is 0. The highest BCUT2D eigenvalue weighted by Gasteiger charge is 2.56. The number of carbonyl (C=O) groups is 4. The van der Waals surface area contributed by atoms with Crippen molar-refractivity contribution >= 4 is 40.4 Å². The van der Waals surface area contributed by atoms with Crippen LogP contribution in [0.3, 0.4) is 0 Å². The lowest BCUT2D eigenvalue weighted by Gasteiger charge is -2.42. The van der Waals surface area contributed by atoms with Gasteiger partial charge in [0, 0.05) is 39.6 Å². The van der Waals surface area contributed by atoms with Crippen molar-refractivity contribution < 1.29 is 28.7 Å². The number of hydrogen-bond donors (Lipinski definition) is 2. The van der Waals surface area contributed by atoms with Gasteiger partial charge in [-0.25, -0.2) is 4.39 Å². The Morgan fingerprint density at radius 2 is 1.58 bits per heavy atom. The maximum Gasteiger partial charge on any atom is 0.238 e. The number of imide groups is 1. The van der Waals surface area contributed by atoms with Crippen LogP contribution in [0.15, 0.2) is 107 Å². The molecular weight excluding hydrogens is 547 g/mol. The molecule has 43 heavy (non-hydrogen) atoms. The molecule has 7 rings (SSSR count). The maximum absolute atomic E-state index is 14.6. The highest BCUT2D eigenvalue weighted by molar-refractivity contribution is 6.25. The molecule has 3 aromatic rings. The Morgan fingerprint density at radius 3 is 2.33 bits per heavy atom. The standard InChI is InChI=1S/C35H27FN2O5/c1-18-16-28(39)31-26(32(18)40)17-25-22(29(31)23-8-5-9-27(36)33(23)41)14-15-24-30(25)35(43)38(34(24)42)21-12-10-20(11-13-21)37-19-6-3-2-4-7-19/h2-14,16,24-25,29-30,37,41H,15,17H2,1H3/t24-,25+,29+,30-/m0/s1. The first-order valence-electron chi connectivity index (χ1n) is 14.2. The summed E-state index contributed by atoms with van der Waals surface area (Å²) in [6, 6.07) is 20.8. The lowest BCUT2D eigenvalue weighted by molar-refractivity contribution is -0.123. The molecule has 3 aromatic carbocycles. The van der Waals surface area contributed by atoms with Gasteiger partial charge in [0.1, 0.15) is 0 Å². The van der Waals surface area contributed by atoms with Crippen LogP contribution in [-0.2, 0) is 19.2 Å². The Balaban J connectivity index is 1.26. The fourth-order valence-electron chi connectivity index (χ4n) is 7.14. The molecular formula is C35H27FN2O5. The lowest BCUT2D eigenvalue weighted by Crippen LogP contribution is -2.39. The van der Waals surface area contributed by atoms with Crippen LogP contribution in [0.25, 0.3) is 0 Å². The number of para-hydroxylation sites is 2. The number of aromatic hydroxyl groups is 1. The number of anilines is 3. The molecule has 3 aliphatic carbocycles. The van der Waals surface area contributed by atoms with E-state index in [1.807, 2.05) is 36.4 Å². The molecule has 1 aliphatic heterocycles. The predicted molar refractivity (Wildman–Crippen MR) is 158 cm³/mol. The summed E-state index contributed by atoms with van der Waals surface area (Å²) in [5, 5.41) is 14.0. The molecule has 2 amide bonds. The first-order valence-corrected chi connectivity index (χ1v) is 14.2. The molecule has 4 atom stereocenters. The molecule has 1 fully saturated rings. The zero-order valence-corrected chi connectivity index (χ0v) is 23.2. The van der Waals surface area contributed by atoms with Crippen LogP contribution in [0.4, 0.5) is 21.5 Å². The number of carbonyl (C=O) groups excluding carboxylic acids is 4. The molecule has 0 aromatic heterocycles. The number of rotatable bonds is 4. The molecule has 4 aliphatic rings. The van der Waals surface area contributed by atoms with Crippen molar-refractivity contribution in [3.8, 4) is 5.75 Å². The number of benzene rings is 3. The molecule has 1 saturated heterocycles. The van der Waals surface area contributed by atoms with E-state index >= 15 is 0 Å². The predicted octanol–water partition coefficient (Wildman–Crippen LogP) is 5.91. The maximum atomic E-state index is 14.6. The van der Waals surface area contributed by atoms with Crippen molar-refractivity contribution in [2.75, 3.05) is 10.2 Å². The lowest BCUT2D eigenvalue weighted by atomic mass is 9.59. The van der Waals surface area contributed by atoms with Gasteiger partial charge in [-0.2, -0.15) is 0 Å². The fourth-order valence-corrected chi connectivity index (χ4v) is 7.14. The summed E-state index contributed by atoms with van der Waals surface area (Å²) in [6.07, 6.45) is 3.48. The Hall–Kier alpha value is -5.11. The third kappa shape index (κ3) is 4.16. The largest absolute Gasteiger partial charge is 0.505 e. The van der Waals surface area contributed by atoms with Gasteiger partial charge < -0.3 is 10.4 Å². The minimum atomic E-state index is -0.911. The summed E-state index contributed by atoms with van der Waals surface area (Å²) in [6.45, 7) is 1.57. The van der Waals surface area contributed by atoms with Crippen LogP contribution in [0.1, 0.15) is 31.2 Å². The quantitative estimate of drug-likeness (QED) is 0.228. The van der Waals surface area contributed by atoms with E-state index in [1.165, 1.54) is 23.1 Å². The van der Waals surface area contributed by atoms with E-state index in [0.29, 0.717) is 11.3 Å². The summed E-state index contributed by atoms with van der Waals surface area (Å²) < 4.78 is 14.6. The van der Waals surface area contributed by atoms with E-state index in [1.54, 1.807) is 31.2 Å². The first-order chi connectivity index (χ1) is 20.7. The second-order valence-electron chi connectivity index (χ2n) is 11.5. The summed E-state index contributed by atoms with van der Waals surface area (Å²) in [5.41, 5.74) is 3.70. The summed E-state index contributed by atoms with van der Waals surface area (Å²) in [7, 11) is 0. The molecule has 1 heterocycles.